The van der Waals surface area contributed by atoms with Gasteiger partial charge in [-0.05, 0) is 17.9 Å². The van der Waals surface area contributed by atoms with Gasteiger partial charge in [0.1, 0.15) is 0 Å². The number of benzene rings is 1. The molecule has 0 radical (unpaired) electrons. The fourth-order valence-corrected chi connectivity index (χ4v) is 2.44. The molecule has 3 nitrogen and oxygen atoms in total. The number of rotatable bonds is 8. The minimum absolute atomic E-state index is 0.0109. The Morgan fingerprint density at radius 1 is 1.17 bits per heavy atom. The first-order valence-corrected chi connectivity index (χ1v) is 6.80. The first-order valence-electron chi connectivity index (χ1n) is 6.80. The molecule has 1 rings (SSSR count). The van der Waals surface area contributed by atoms with Crippen LogP contribution >= 0.6 is 0 Å². The van der Waals surface area contributed by atoms with E-state index in [2.05, 4.69) is 31.4 Å². The lowest BCUT2D eigenvalue weighted by Gasteiger charge is -2.28. The molecule has 0 heterocycles. The first kappa shape index (κ1) is 15.2. The summed E-state index contributed by atoms with van der Waals surface area (Å²) in [5.74, 6) is 6.40. The van der Waals surface area contributed by atoms with Crippen molar-refractivity contribution in [1.29, 1.82) is 0 Å². The average Bonchev–Trinajstić information content (AvgIpc) is 2.44. The van der Waals surface area contributed by atoms with Gasteiger partial charge in [-0.1, -0.05) is 57.0 Å². The molecule has 1 aromatic rings. The van der Waals surface area contributed by atoms with Crippen molar-refractivity contribution >= 4 is 0 Å². The van der Waals surface area contributed by atoms with E-state index < -0.39 is 0 Å². The lowest BCUT2D eigenvalue weighted by atomic mass is 9.90. The van der Waals surface area contributed by atoms with Crippen LogP contribution in [-0.2, 0) is 4.74 Å². The maximum atomic E-state index is 5.71. The van der Waals surface area contributed by atoms with E-state index in [4.69, 9.17) is 10.6 Å². The minimum atomic E-state index is 0.0109. The van der Waals surface area contributed by atoms with Crippen LogP contribution < -0.4 is 11.3 Å². The van der Waals surface area contributed by atoms with Gasteiger partial charge in [-0.15, -0.1) is 0 Å². The summed E-state index contributed by atoms with van der Waals surface area (Å²) < 4.78 is 5.64. The lowest BCUT2D eigenvalue weighted by Crippen LogP contribution is -2.41. The van der Waals surface area contributed by atoms with E-state index in [1.165, 1.54) is 18.4 Å². The van der Waals surface area contributed by atoms with Crippen LogP contribution in [0.15, 0.2) is 30.3 Å². The van der Waals surface area contributed by atoms with Crippen molar-refractivity contribution in [2.45, 2.75) is 45.3 Å². The van der Waals surface area contributed by atoms with Crippen molar-refractivity contribution in [2.75, 3.05) is 7.11 Å². The molecular formula is C15H26N2O. The Kier molecular flexibility index (Phi) is 6.94. The van der Waals surface area contributed by atoms with Crippen LogP contribution in [0.3, 0.4) is 0 Å². The lowest BCUT2D eigenvalue weighted by molar-refractivity contribution is 0.0583. The molecular weight excluding hydrogens is 224 g/mol. The number of methoxy groups -OCH3 is 1. The first-order chi connectivity index (χ1) is 8.76. The molecule has 0 spiro atoms. The second-order valence-electron chi connectivity index (χ2n) is 4.76. The van der Waals surface area contributed by atoms with Crippen molar-refractivity contribution in [2.24, 2.45) is 11.8 Å². The largest absolute Gasteiger partial charge is 0.375 e. The Balaban J connectivity index is 2.77. The number of hydrogen-bond acceptors (Lipinski definition) is 3. The number of ether oxygens (including phenoxy) is 1. The fourth-order valence-electron chi connectivity index (χ4n) is 2.44. The standard InChI is InChI=1S/C15H26N2O/c1-4-12(5-2)11-14(17-16)15(18-3)13-9-7-6-8-10-13/h6-10,12,14-15,17H,4-5,11,16H2,1-3H3. The van der Waals surface area contributed by atoms with Crippen LogP contribution in [-0.4, -0.2) is 13.2 Å². The van der Waals surface area contributed by atoms with E-state index in [-0.39, 0.29) is 12.1 Å². The van der Waals surface area contributed by atoms with E-state index in [1.807, 2.05) is 18.2 Å². The number of hydrogen-bond donors (Lipinski definition) is 2. The Labute approximate surface area is 111 Å². The average molecular weight is 250 g/mol. The van der Waals surface area contributed by atoms with Crippen molar-refractivity contribution in [3.8, 4) is 0 Å². The van der Waals surface area contributed by atoms with Gasteiger partial charge in [0, 0.05) is 7.11 Å². The summed E-state index contributed by atoms with van der Waals surface area (Å²) in [6, 6.07) is 10.4. The zero-order chi connectivity index (χ0) is 13.4. The number of hydrazine groups is 1. The Morgan fingerprint density at radius 2 is 1.78 bits per heavy atom. The maximum absolute atomic E-state index is 5.71. The highest BCUT2D eigenvalue weighted by Crippen LogP contribution is 2.26. The molecule has 0 aliphatic heterocycles. The van der Waals surface area contributed by atoms with Crippen molar-refractivity contribution in [3.63, 3.8) is 0 Å². The summed E-state index contributed by atoms with van der Waals surface area (Å²) >= 11 is 0. The fraction of sp³-hybridized carbons (Fsp3) is 0.600. The molecule has 3 heteroatoms. The highest BCUT2D eigenvalue weighted by atomic mass is 16.5. The van der Waals surface area contributed by atoms with Gasteiger partial charge in [-0.3, -0.25) is 11.3 Å². The van der Waals surface area contributed by atoms with Crippen LogP contribution in [0.2, 0.25) is 0 Å². The topological polar surface area (TPSA) is 47.3 Å². The second kappa shape index (κ2) is 8.25. The monoisotopic (exact) mass is 250 g/mol. The van der Waals surface area contributed by atoms with Crippen molar-refractivity contribution < 1.29 is 4.74 Å². The Morgan fingerprint density at radius 3 is 2.22 bits per heavy atom. The number of nitrogens with one attached hydrogen (secondary N) is 1. The van der Waals surface area contributed by atoms with Crippen LogP contribution in [0.4, 0.5) is 0 Å². The van der Waals surface area contributed by atoms with E-state index in [0.29, 0.717) is 5.92 Å². The number of nitrogens with two attached hydrogens (primary N) is 1. The van der Waals surface area contributed by atoms with Gasteiger partial charge < -0.3 is 4.74 Å². The zero-order valence-electron chi connectivity index (χ0n) is 11.7. The SMILES string of the molecule is CCC(CC)CC(NN)C(OC)c1ccccc1. The summed E-state index contributed by atoms with van der Waals surface area (Å²) in [5, 5.41) is 0. The van der Waals surface area contributed by atoms with Gasteiger partial charge in [0.2, 0.25) is 0 Å². The summed E-state index contributed by atoms with van der Waals surface area (Å²) in [4.78, 5) is 0. The molecule has 2 atom stereocenters. The molecule has 1 aromatic carbocycles. The third-order valence-electron chi connectivity index (χ3n) is 3.70. The quantitative estimate of drug-likeness (QED) is 0.550. The molecule has 2 unspecified atom stereocenters. The normalized spacial score (nSPS) is 14.7. The van der Waals surface area contributed by atoms with Gasteiger partial charge in [0.15, 0.2) is 0 Å². The molecule has 0 saturated carbocycles. The van der Waals surface area contributed by atoms with E-state index in [9.17, 15) is 0 Å². The van der Waals surface area contributed by atoms with E-state index in [0.717, 1.165) is 6.42 Å². The minimum Gasteiger partial charge on any atom is -0.375 e. The third-order valence-corrected chi connectivity index (χ3v) is 3.70. The molecule has 0 aromatic heterocycles. The third kappa shape index (κ3) is 4.09. The summed E-state index contributed by atoms with van der Waals surface area (Å²) in [6.07, 6.45) is 3.41. The van der Waals surface area contributed by atoms with E-state index in [1.54, 1.807) is 7.11 Å². The molecule has 0 fully saturated rings. The molecule has 3 N–H and O–H groups in total. The highest BCUT2D eigenvalue weighted by molar-refractivity contribution is 5.19. The van der Waals surface area contributed by atoms with Crippen molar-refractivity contribution in [3.05, 3.63) is 35.9 Å². The smallest absolute Gasteiger partial charge is 0.0987 e. The van der Waals surface area contributed by atoms with Gasteiger partial charge in [-0.25, -0.2) is 0 Å². The highest BCUT2D eigenvalue weighted by Gasteiger charge is 2.24. The maximum Gasteiger partial charge on any atom is 0.0987 e. The molecule has 0 saturated heterocycles. The second-order valence-corrected chi connectivity index (χ2v) is 4.76. The van der Waals surface area contributed by atoms with E-state index >= 15 is 0 Å². The van der Waals surface area contributed by atoms with Gasteiger partial charge in [0.05, 0.1) is 12.1 Å². The molecule has 18 heavy (non-hydrogen) atoms. The van der Waals surface area contributed by atoms with Crippen LogP contribution in [0.25, 0.3) is 0 Å². The zero-order valence-corrected chi connectivity index (χ0v) is 11.7. The van der Waals surface area contributed by atoms with Gasteiger partial charge >= 0.3 is 0 Å². The molecule has 0 aliphatic rings. The van der Waals surface area contributed by atoms with Gasteiger partial charge in [-0.2, -0.15) is 0 Å². The van der Waals surface area contributed by atoms with Gasteiger partial charge in [0.25, 0.3) is 0 Å². The van der Waals surface area contributed by atoms with Crippen LogP contribution in [0.5, 0.6) is 0 Å². The molecule has 102 valence electrons. The summed E-state index contributed by atoms with van der Waals surface area (Å²) in [7, 11) is 1.74. The summed E-state index contributed by atoms with van der Waals surface area (Å²) in [6.45, 7) is 4.46. The van der Waals surface area contributed by atoms with Crippen LogP contribution in [0, 0.1) is 5.92 Å². The predicted molar refractivity (Wildman–Crippen MR) is 76.0 cm³/mol. The Bertz CT molecular complexity index is 312. The Hall–Kier alpha value is -0.900. The van der Waals surface area contributed by atoms with Crippen LogP contribution in [0.1, 0.15) is 44.8 Å². The summed E-state index contributed by atoms with van der Waals surface area (Å²) in [5.41, 5.74) is 4.10. The molecule has 0 amide bonds. The van der Waals surface area contributed by atoms with Crippen molar-refractivity contribution in [1.82, 2.24) is 5.43 Å². The molecule has 0 bridgehead atoms. The predicted octanol–water partition coefficient (Wildman–Crippen LogP) is 3.03. The molecule has 0 aliphatic carbocycles.